The molecule has 4 N–H and O–H groups in total. The van der Waals surface area contributed by atoms with Crippen molar-refractivity contribution in [1.82, 2.24) is 0 Å². The third kappa shape index (κ3) is 1.83. The average molecular weight is 202 g/mol. The Balaban J connectivity index is 2.37. The first-order valence-corrected chi connectivity index (χ1v) is 4.40. The summed E-state index contributed by atoms with van der Waals surface area (Å²) in [6.07, 6.45) is 0. The van der Waals surface area contributed by atoms with Crippen molar-refractivity contribution in [2.24, 2.45) is 5.73 Å². The van der Waals surface area contributed by atoms with Crippen LogP contribution in [0.3, 0.4) is 0 Å². The number of amidine groups is 1. The van der Waals surface area contributed by atoms with Gasteiger partial charge in [-0.05, 0) is 36.4 Å². The fourth-order valence-corrected chi connectivity index (χ4v) is 1.26. The number of aromatic hydroxyl groups is 1. The number of nitrogens with one attached hydrogen (secondary N) is 1. The summed E-state index contributed by atoms with van der Waals surface area (Å²) >= 11 is 0. The lowest BCUT2D eigenvalue weighted by Gasteiger charge is -1.97. The standard InChI is InChI=1S/C11H10N2O2/c12-11(13)10-6-5-9(15-10)7-1-3-8(14)4-2-7/h1-6,14H,(H3,12,13). The number of phenols is 1. The van der Waals surface area contributed by atoms with Crippen LogP contribution in [-0.2, 0) is 0 Å². The van der Waals surface area contributed by atoms with Crippen LogP contribution in [0.2, 0.25) is 0 Å². The molecule has 4 heteroatoms. The maximum absolute atomic E-state index is 9.11. The van der Waals surface area contributed by atoms with Crippen LogP contribution in [0.4, 0.5) is 0 Å². The van der Waals surface area contributed by atoms with Gasteiger partial charge in [0, 0.05) is 5.56 Å². The molecule has 15 heavy (non-hydrogen) atoms. The summed E-state index contributed by atoms with van der Waals surface area (Å²) in [5.41, 5.74) is 6.11. The molecule has 0 bridgehead atoms. The van der Waals surface area contributed by atoms with Crippen molar-refractivity contribution in [3.63, 3.8) is 0 Å². The van der Waals surface area contributed by atoms with E-state index in [0.29, 0.717) is 11.5 Å². The highest BCUT2D eigenvalue weighted by atomic mass is 16.3. The number of rotatable bonds is 2. The lowest BCUT2D eigenvalue weighted by atomic mass is 10.2. The first-order chi connectivity index (χ1) is 7.16. The molecule has 0 fully saturated rings. The molecule has 0 saturated carbocycles. The number of nitrogens with two attached hydrogens (primary N) is 1. The van der Waals surface area contributed by atoms with E-state index in [-0.39, 0.29) is 11.6 Å². The summed E-state index contributed by atoms with van der Waals surface area (Å²) in [5.74, 6) is 1.08. The van der Waals surface area contributed by atoms with Crippen LogP contribution in [0.5, 0.6) is 5.75 Å². The van der Waals surface area contributed by atoms with E-state index in [9.17, 15) is 0 Å². The second-order valence-electron chi connectivity index (χ2n) is 3.12. The Hall–Kier alpha value is -2.23. The van der Waals surface area contributed by atoms with Gasteiger partial charge in [0.15, 0.2) is 11.6 Å². The third-order valence-electron chi connectivity index (χ3n) is 2.02. The lowest BCUT2D eigenvalue weighted by molar-refractivity contribution is 0.475. The highest BCUT2D eigenvalue weighted by Gasteiger charge is 2.06. The molecule has 0 atom stereocenters. The Morgan fingerprint density at radius 2 is 1.80 bits per heavy atom. The van der Waals surface area contributed by atoms with Gasteiger partial charge in [0.2, 0.25) is 0 Å². The van der Waals surface area contributed by atoms with Crippen molar-refractivity contribution in [2.45, 2.75) is 0 Å². The fourth-order valence-electron chi connectivity index (χ4n) is 1.26. The molecule has 2 aromatic rings. The van der Waals surface area contributed by atoms with Gasteiger partial charge in [-0.3, -0.25) is 5.41 Å². The van der Waals surface area contributed by atoms with Gasteiger partial charge in [0.05, 0.1) is 0 Å². The fraction of sp³-hybridized carbons (Fsp3) is 0. The number of furan rings is 1. The van der Waals surface area contributed by atoms with E-state index < -0.39 is 0 Å². The molecule has 1 heterocycles. The smallest absolute Gasteiger partial charge is 0.168 e. The van der Waals surface area contributed by atoms with E-state index in [0.717, 1.165) is 5.56 Å². The van der Waals surface area contributed by atoms with Crippen molar-refractivity contribution >= 4 is 5.84 Å². The summed E-state index contributed by atoms with van der Waals surface area (Å²) in [4.78, 5) is 0. The van der Waals surface area contributed by atoms with Crippen molar-refractivity contribution in [1.29, 1.82) is 5.41 Å². The predicted molar refractivity (Wildman–Crippen MR) is 56.8 cm³/mol. The average Bonchev–Trinajstić information content (AvgIpc) is 2.68. The molecule has 0 aliphatic rings. The minimum atomic E-state index is -0.0972. The van der Waals surface area contributed by atoms with Gasteiger partial charge in [-0.2, -0.15) is 0 Å². The SMILES string of the molecule is N=C(N)c1ccc(-c2ccc(O)cc2)o1. The second-order valence-corrected chi connectivity index (χ2v) is 3.12. The van der Waals surface area contributed by atoms with Gasteiger partial charge in [-0.15, -0.1) is 0 Å². The quantitative estimate of drug-likeness (QED) is 0.514. The largest absolute Gasteiger partial charge is 0.508 e. The predicted octanol–water partition coefficient (Wildman–Crippen LogP) is 1.94. The van der Waals surface area contributed by atoms with E-state index >= 15 is 0 Å². The molecule has 0 saturated heterocycles. The molecule has 76 valence electrons. The van der Waals surface area contributed by atoms with Gasteiger partial charge in [-0.25, -0.2) is 0 Å². The van der Waals surface area contributed by atoms with Crippen molar-refractivity contribution in [3.8, 4) is 17.1 Å². The molecule has 0 amide bonds. The second kappa shape index (κ2) is 3.49. The van der Waals surface area contributed by atoms with Gasteiger partial charge in [0.25, 0.3) is 0 Å². The van der Waals surface area contributed by atoms with Crippen LogP contribution in [-0.4, -0.2) is 10.9 Å². The Kier molecular flexibility index (Phi) is 2.17. The van der Waals surface area contributed by atoms with Crippen molar-refractivity contribution < 1.29 is 9.52 Å². The molecule has 2 rings (SSSR count). The van der Waals surface area contributed by atoms with Crippen LogP contribution in [0.25, 0.3) is 11.3 Å². The molecular weight excluding hydrogens is 192 g/mol. The molecule has 0 aliphatic carbocycles. The zero-order valence-corrected chi connectivity index (χ0v) is 7.90. The van der Waals surface area contributed by atoms with Crippen molar-refractivity contribution in [2.75, 3.05) is 0 Å². The summed E-state index contributed by atoms with van der Waals surface area (Å²) in [6, 6.07) is 10.0. The molecule has 4 nitrogen and oxygen atoms in total. The summed E-state index contributed by atoms with van der Waals surface area (Å²) in [7, 11) is 0. The molecule has 0 unspecified atom stereocenters. The summed E-state index contributed by atoms with van der Waals surface area (Å²) < 4.78 is 5.34. The van der Waals surface area contributed by atoms with E-state index in [1.54, 1.807) is 36.4 Å². The normalized spacial score (nSPS) is 10.1. The van der Waals surface area contributed by atoms with Gasteiger partial charge >= 0.3 is 0 Å². The van der Waals surface area contributed by atoms with Crippen LogP contribution in [0.15, 0.2) is 40.8 Å². The zero-order chi connectivity index (χ0) is 10.8. The Morgan fingerprint density at radius 1 is 1.13 bits per heavy atom. The topological polar surface area (TPSA) is 83.2 Å². The van der Waals surface area contributed by atoms with Crippen LogP contribution in [0, 0.1) is 5.41 Å². The number of phenolic OH excluding ortho intramolecular Hbond substituents is 1. The van der Waals surface area contributed by atoms with Crippen LogP contribution < -0.4 is 5.73 Å². The molecule has 0 spiro atoms. The van der Waals surface area contributed by atoms with Gasteiger partial charge in [-0.1, -0.05) is 0 Å². The van der Waals surface area contributed by atoms with E-state index in [4.69, 9.17) is 20.7 Å². The maximum Gasteiger partial charge on any atom is 0.168 e. The molecule has 1 aromatic heterocycles. The molecule has 0 radical (unpaired) electrons. The van der Waals surface area contributed by atoms with Crippen LogP contribution >= 0.6 is 0 Å². The van der Waals surface area contributed by atoms with E-state index in [2.05, 4.69) is 0 Å². The first-order valence-electron chi connectivity index (χ1n) is 4.40. The summed E-state index contributed by atoms with van der Waals surface area (Å²) in [6.45, 7) is 0. The summed E-state index contributed by atoms with van der Waals surface area (Å²) in [5, 5.41) is 16.3. The minimum absolute atomic E-state index is 0.0972. The monoisotopic (exact) mass is 202 g/mol. The lowest BCUT2D eigenvalue weighted by Crippen LogP contribution is -2.09. The van der Waals surface area contributed by atoms with Gasteiger partial charge < -0.3 is 15.3 Å². The highest BCUT2D eigenvalue weighted by molar-refractivity contribution is 5.92. The maximum atomic E-state index is 9.11. The minimum Gasteiger partial charge on any atom is -0.508 e. The van der Waals surface area contributed by atoms with E-state index in [1.807, 2.05) is 0 Å². The Labute approximate surface area is 86.5 Å². The van der Waals surface area contributed by atoms with E-state index in [1.165, 1.54) is 0 Å². The van der Waals surface area contributed by atoms with Crippen molar-refractivity contribution in [3.05, 3.63) is 42.2 Å². The zero-order valence-electron chi connectivity index (χ0n) is 7.90. The molecule has 1 aromatic carbocycles. The Morgan fingerprint density at radius 3 is 2.33 bits per heavy atom. The van der Waals surface area contributed by atoms with Gasteiger partial charge in [0.1, 0.15) is 11.5 Å². The van der Waals surface area contributed by atoms with Crippen LogP contribution in [0.1, 0.15) is 5.76 Å². The number of nitrogen functional groups attached to an aromatic ring is 1. The number of hydrogen-bond donors (Lipinski definition) is 3. The Bertz CT molecular complexity index is 486. The number of hydrogen-bond acceptors (Lipinski definition) is 3. The molecular formula is C11H10N2O2. The molecule has 0 aliphatic heterocycles. The number of benzene rings is 1. The third-order valence-corrected chi connectivity index (χ3v) is 2.02. The first kappa shape index (κ1) is 9.33. The highest BCUT2D eigenvalue weighted by Crippen LogP contribution is 2.23.